The van der Waals surface area contributed by atoms with Crippen LogP contribution in [0.2, 0.25) is 5.02 Å². The maximum absolute atomic E-state index is 10.9. The van der Waals surface area contributed by atoms with Crippen molar-refractivity contribution in [3.63, 3.8) is 0 Å². The quantitative estimate of drug-likeness (QED) is 0.613. The van der Waals surface area contributed by atoms with Crippen LogP contribution in [0.3, 0.4) is 0 Å². The average molecular weight is 267 g/mol. The maximum atomic E-state index is 10.9. The number of hydrogen-bond donors (Lipinski definition) is 0. The van der Waals surface area contributed by atoms with E-state index in [0.29, 0.717) is 10.8 Å². The third kappa shape index (κ3) is 1.86. The molecule has 6 nitrogen and oxygen atoms in total. The summed E-state index contributed by atoms with van der Waals surface area (Å²) in [4.78, 5) is 20.4. The number of nitrogens with zero attached hydrogens (tertiary/aromatic N) is 2. The van der Waals surface area contributed by atoms with Crippen molar-refractivity contribution in [2.45, 2.75) is 6.92 Å². The third-order valence-corrected chi connectivity index (χ3v) is 2.98. The topological polar surface area (TPSA) is 86.3 Å². The van der Waals surface area contributed by atoms with Gasteiger partial charge in [-0.25, -0.2) is 0 Å². The molecule has 0 atom stereocenters. The summed E-state index contributed by atoms with van der Waals surface area (Å²) in [6, 6.07) is 5.72. The van der Waals surface area contributed by atoms with E-state index in [1.807, 2.05) is 0 Å². The van der Waals surface area contributed by atoms with Crippen LogP contribution in [-0.2, 0) is 0 Å². The largest absolute Gasteiger partial charge is 0.295 e. The zero-order valence-corrected chi connectivity index (χ0v) is 9.97. The minimum absolute atomic E-state index is 0.0794. The fourth-order valence-electron chi connectivity index (χ4n) is 1.76. The highest BCUT2D eigenvalue weighted by Gasteiger charge is 2.24. The molecule has 0 unspecified atom stereocenters. The fraction of sp³-hybridized carbons (Fsp3) is 0.0909. The Morgan fingerprint density at radius 3 is 2.17 bits per heavy atom. The van der Waals surface area contributed by atoms with E-state index in [-0.39, 0.29) is 10.7 Å². The molecule has 0 heterocycles. The minimum Gasteiger partial charge on any atom is -0.258 e. The lowest BCUT2D eigenvalue weighted by atomic mass is 10.1. The molecule has 0 bridgehead atoms. The second-order valence-corrected chi connectivity index (χ2v) is 4.17. The third-order valence-electron chi connectivity index (χ3n) is 2.58. The fourth-order valence-corrected chi connectivity index (χ4v) is 2.04. The molecule has 2 aromatic carbocycles. The molecule has 0 aliphatic heterocycles. The van der Waals surface area contributed by atoms with Crippen molar-refractivity contribution >= 4 is 33.7 Å². The van der Waals surface area contributed by atoms with E-state index in [1.54, 1.807) is 25.1 Å². The van der Waals surface area contributed by atoms with Crippen LogP contribution >= 0.6 is 11.6 Å². The summed E-state index contributed by atoms with van der Waals surface area (Å²) in [7, 11) is 0. The molecule has 2 aromatic rings. The molecule has 0 aliphatic rings. The Bertz CT molecular complexity index is 684. The van der Waals surface area contributed by atoms with E-state index < -0.39 is 15.5 Å². The highest BCUT2D eigenvalue weighted by atomic mass is 35.5. The molecule has 0 fully saturated rings. The van der Waals surface area contributed by atoms with Crippen LogP contribution in [0.1, 0.15) is 5.56 Å². The summed E-state index contributed by atoms with van der Waals surface area (Å²) in [6.45, 7) is 1.78. The number of halogens is 1. The Kier molecular flexibility index (Phi) is 2.88. The van der Waals surface area contributed by atoms with Gasteiger partial charge in [-0.1, -0.05) is 23.2 Å². The van der Waals surface area contributed by atoms with Crippen molar-refractivity contribution in [3.8, 4) is 0 Å². The number of nitro groups is 2. The number of benzene rings is 2. The molecule has 18 heavy (non-hydrogen) atoms. The SMILES string of the molecule is Cc1ccc2c([N+](=O)[O-])cc([N+](=O)[O-])c(Cl)c2c1. The van der Waals surface area contributed by atoms with Crippen molar-refractivity contribution < 1.29 is 9.85 Å². The zero-order valence-electron chi connectivity index (χ0n) is 9.21. The van der Waals surface area contributed by atoms with Gasteiger partial charge in [0.25, 0.3) is 11.4 Å². The van der Waals surface area contributed by atoms with Gasteiger partial charge < -0.3 is 0 Å². The van der Waals surface area contributed by atoms with Crippen molar-refractivity contribution in [1.29, 1.82) is 0 Å². The van der Waals surface area contributed by atoms with Crippen LogP contribution in [0.4, 0.5) is 11.4 Å². The first-order chi connectivity index (χ1) is 8.41. The van der Waals surface area contributed by atoms with E-state index in [9.17, 15) is 20.2 Å². The first-order valence-corrected chi connectivity index (χ1v) is 5.31. The normalized spacial score (nSPS) is 10.6. The second kappa shape index (κ2) is 4.23. The molecule has 0 saturated heterocycles. The van der Waals surface area contributed by atoms with Gasteiger partial charge in [0, 0.05) is 5.39 Å². The van der Waals surface area contributed by atoms with Gasteiger partial charge in [0.05, 0.1) is 21.3 Å². The van der Waals surface area contributed by atoms with Crippen molar-refractivity contribution in [1.82, 2.24) is 0 Å². The number of fused-ring (bicyclic) bond motifs is 1. The Morgan fingerprint density at radius 1 is 1.00 bits per heavy atom. The van der Waals surface area contributed by atoms with Gasteiger partial charge in [-0.05, 0) is 19.1 Å². The maximum Gasteiger partial charge on any atom is 0.295 e. The minimum atomic E-state index is -0.725. The van der Waals surface area contributed by atoms with Crippen LogP contribution in [0.5, 0.6) is 0 Å². The molecular weight excluding hydrogens is 260 g/mol. The van der Waals surface area contributed by atoms with Crippen LogP contribution in [-0.4, -0.2) is 9.85 Å². The lowest BCUT2D eigenvalue weighted by Gasteiger charge is -2.04. The summed E-state index contributed by atoms with van der Waals surface area (Å²) in [5.74, 6) is 0. The van der Waals surface area contributed by atoms with E-state index in [1.165, 1.54) is 0 Å². The number of aryl methyl sites for hydroxylation is 1. The van der Waals surface area contributed by atoms with Gasteiger partial charge in [-0.15, -0.1) is 0 Å². The van der Waals surface area contributed by atoms with Crippen LogP contribution < -0.4 is 0 Å². The van der Waals surface area contributed by atoms with Crippen LogP contribution in [0, 0.1) is 27.2 Å². The lowest BCUT2D eigenvalue weighted by molar-refractivity contribution is -0.392. The summed E-state index contributed by atoms with van der Waals surface area (Å²) in [6.07, 6.45) is 0. The number of non-ortho nitro benzene ring substituents is 1. The Hall–Kier alpha value is -2.21. The van der Waals surface area contributed by atoms with E-state index in [2.05, 4.69) is 0 Å². The predicted molar refractivity (Wildman–Crippen MR) is 67.0 cm³/mol. The van der Waals surface area contributed by atoms with Gasteiger partial charge in [0.1, 0.15) is 5.02 Å². The molecule has 0 amide bonds. The van der Waals surface area contributed by atoms with Crippen LogP contribution in [0.15, 0.2) is 24.3 Å². The standard InChI is InChI=1S/C11H7ClN2O4/c1-6-2-3-7-8(4-6)11(12)10(14(17)18)5-9(7)13(15)16/h2-5H,1H3. The van der Waals surface area contributed by atoms with Crippen LogP contribution in [0.25, 0.3) is 10.8 Å². The Balaban J connectivity index is 2.97. The Morgan fingerprint density at radius 2 is 1.61 bits per heavy atom. The summed E-state index contributed by atoms with van der Waals surface area (Å²) in [5.41, 5.74) is 0.0433. The molecular formula is C11H7ClN2O4. The van der Waals surface area contributed by atoms with Crippen molar-refractivity contribution in [3.05, 3.63) is 55.1 Å². The number of hydrogen-bond acceptors (Lipinski definition) is 4. The smallest absolute Gasteiger partial charge is 0.258 e. The number of nitro benzene ring substituents is 2. The predicted octanol–water partition coefficient (Wildman–Crippen LogP) is 3.62. The van der Waals surface area contributed by atoms with Gasteiger partial charge >= 0.3 is 0 Å². The molecule has 0 aromatic heterocycles. The zero-order chi connectivity index (χ0) is 13.4. The highest BCUT2D eigenvalue weighted by molar-refractivity contribution is 6.38. The van der Waals surface area contributed by atoms with E-state index in [4.69, 9.17) is 11.6 Å². The summed E-state index contributed by atoms with van der Waals surface area (Å²) in [5, 5.41) is 22.3. The van der Waals surface area contributed by atoms with Gasteiger partial charge in [-0.2, -0.15) is 0 Å². The summed E-state index contributed by atoms with van der Waals surface area (Å²) < 4.78 is 0. The second-order valence-electron chi connectivity index (χ2n) is 3.79. The van der Waals surface area contributed by atoms with Gasteiger partial charge in [0.15, 0.2) is 0 Å². The van der Waals surface area contributed by atoms with E-state index in [0.717, 1.165) is 11.6 Å². The molecule has 0 spiro atoms. The average Bonchev–Trinajstić information content (AvgIpc) is 2.29. The summed E-state index contributed by atoms with van der Waals surface area (Å²) >= 11 is 5.92. The first-order valence-electron chi connectivity index (χ1n) is 4.93. The highest BCUT2D eigenvalue weighted by Crippen LogP contribution is 2.38. The molecule has 92 valence electrons. The number of rotatable bonds is 2. The molecule has 0 radical (unpaired) electrons. The first kappa shape index (κ1) is 12.3. The molecule has 2 rings (SSSR count). The van der Waals surface area contributed by atoms with E-state index >= 15 is 0 Å². The molecule has 7 heteroatoms. The van der Waals surface area contributed by atoms with Crippen molar-refractivity contribution in [2.24, 2.45) is 0 Å². The Labute approximate surface area is 106 Å². The van der Waals surface area contributed by atoms with Crippen molar-refractivity contribution in [2.75, 3.05) is 0 Å². The molecule has 0 saturated carbocycles. The lowest BCUT2D eigenvalue weighted by Crippen LogP contribution is -1.95. The monoisotopic (exact) mass is 266 g/mol. The van der Waals surface area contributed by atoms with Gasteiger partial charge in [-0.3, -0.25) is 20.2 Å². The molecule has 0 aliphatic carbocycles. The van der Waals surface area contributed by atoms with Gasteiger partial charge in [0.2, 0.25) is 0 Å². The molecule has 0 N–H and O–H groups in total.